The van der Waals surface area contributed by atoms with Crippen LogP contribution in [0.5, 0.6) is 0 Å². The van der Waals surface area contributed by atoms with Gasteiger partial charge in [0, 0.05) is 5.70 Å². The molecule has 0 amide bonds. The van der Waals surface area contributed by atoms with Crippen LogP contribution in [0, 0.1) is 0 Å². The van der Waals surface area contributed by atoms with Crippen molar-refractivity contribution in [2.24, 2.45) is 5.84 Å². The van der Waals surface area contributed by atoms with Crippen LogP contribution < -0.4 is 21.9 Å². The zero-order valence-electron chi connectivity index (χ0n) is 12.6. The molecule has 0 saturated heterocycles. The molecule has 0 aromatic heterocycles. The Kier molecular flexibility index (Phi) is 10.9. The third-order valence-corrected chi connectivity index (χ3v) is 2.27. The molecule has 0 bridgehead atoms. The largest absolute Gasteiger partial charge is 0.475 e. The minimum absolute atomic E-state index is 0.508. The van der Waals surface area contributed by atoms with Crippen LogP contribution in [0.25, 0.3) is 0 Å². The maximum absolute atomic E-state index is 5.47. The number of benzene rings is 1. The van der Waals surface area contributed by atoms with Gasteiger partial charge in [0.05, 0.1) is 6.54 Å². The number of nitrogens with one attached hydrogen (secondary N) is 3. The summed E-state index contributed by atoms with van der Waals surface area (Å²) in [5, 5.41) is 5.78. The molecule has 20 heavy (non-hydrogen) atoms. The van der Waals surface area contributed by atoms with E-state index >= 15 is 0 Å². The molecule has 112 valence electrons. The summed E-state index contributed by atoms with van der Waals surface area (Å²) in [6, 6.07) is 9.94. The lowest BCUT2D eigenvalue weighted by molar-refractivity contribution is 0.180. The Morgan fingerprint density at radius 1 is 1.30 bits per heavy atom. The monoisotopic (exact) mass is 278 g/mol. The average molecular weight is 278 g/mol. The predicted molar refractivity (Wildman–Crippen MR) is 84.4 cm³/mol. The van der Waals surface area contributed by atoms with Crippen molar-refractivity contribution in [3.05, 3.63) is 60.1 Å². The Morgan fingerprint density at radius 3 is 2.40 bits per heavy atom. The van der Waals surface area contributed by atoms with Gasteiger partial charge in [0.15, 0.2) is 5.88 Å². The van der Waals surface area contributed by atoms with E-state index in [2.05, 4.69) is 22.6 Å². The van der Waals surface area contributed by atoms with Gasteiger partial charge in [-0.3, -0.25) is 5.84 Å². The summed E-state index contributed by atoms with van der Waals surface area (Å²) in [5.41, 5.74) is 4.58. The highest BCUT2D eigenvalue weighted by Gasteiger charge is 1.97. The van der Waals surface area contributed by atoms with Crippen LogP contribution in [0.15, 0.2) is 54.6 Å². The molecule has 0 heterocycles. The van der Waals surface area contributed by atoms with Crippen molar-refractivity contribution in [2.45, 2.75) is 13.5 Å². The van der Waals surface area contributed by atoms with Crippen LogP contribution in [-0.4, -0.2) is 20.6 Å². The van der Waals surface area contributed by atoms with E-state index in [4.69, 9.17) is 10.6 Å². The first-order valence-electron chi connectivity index (χ1n) is 6.47. The SMILES string of the molecule is C=C(NCC(=CC)NN)OCc1ccccc1.CNC. The summed E-state index contributed by atoms with van der Waals surface area (Å²) in [6.07, 6.45) is 1.89. The molecule has 1 rings (SSSR count). The molecule has 0 radical (unpaired) electrons. The highest BCUT2D eigenvalue weighted by atomic mass is 16.5. The third-order valence-electron chi connectivity index (χ3n) is 2.27. The van der Waals surface area contributed by atoms with E-state index in [0.717, 1.165) is 11.3 Å². The fraction of sp³-hybridized carbons (Fsp3) is 0.333. The summed E-state index contributed by atoms with van der Waals surface area (Å²) in [6.45, 7) is 6.77. The lowest BCUT2D eigenvalue weighted by atomic mass is 10.2. The van der Waals surface area contributed by atoms with Crippen molar-refractivity contribution in [3.63, 3.8) is 0 Å². The van der Waals surface area contributed by atoms with E-state index in [9.17, 15) is 0 Å². The van der Waals surface area contributed by atoms with Crippen molar-refractivity contribution in [2.75, 3.05) is 20.6 Å². The van der Waals surface area contributed by atoms with Gasteiger partial charge in [0.25, 0.3) is 0 Å². The van der Waals surface area contributed by atoms with Crippen molar-refractivity contribution in [3.8, 4) is 0 Å². The summed E-state index contributed by atoms with van der Waals surface area (Å²) in [7, 11) is 3.75. The second-order valence-electron chi connectivity index (χ2n) is 4.01. The fourth-order valence-corrected chi connectivity index (χ4v) is 1.23. The van der Waals surface area contributed by atoms with E-state index in [1.54, 1.807) is 0 Å². The first-order valence-corrected chi connectivity index (χ1v) is 6.47. The molecule has 0 spiro atoms. The van der Waals surface area contributed by atoms with Crippen LogP contribution in [0.1, 0.15) is 12.5 Å². The molecule has 0 atom stereocenters. The summed E-state index contributed by atoms with van der Waals surface area (Å²) < 4.78 is 5.47. The molecule has 5 heteroatoms. The number of hydrazine groups is 1. The molecule has 1 aromatic carbocycles. The van der Waals surface area contributed by atoms with Crippen LogP contribution in [0.4, 0.5) is 0 Å². The first kappa shape index (κ1) is 18.0. The van der Waals surface area contributed by atoms with E-state index in [-0.39, 0.29) is 0 Å². The van der Waals surface area contributed by atoms with Crippen LogP contribution in [-0.2, 0) is 11.3 Å². The molecular formula is C15H26N4O. The maximum atomic E-state index is 5.47. The Bertz CT molecular complexity index is 390. The van der Waals surface area contributed by atoms with Gasteiger partial charge < -0.3 is 20.8 Å². The zero-order chi connectivity index (χ0) is 15.2. The normalized spacial score (nSPS) is 10.1. The minimum Gasteiger partial charge on any atom is -0.475 e. The molecule has 0 aliphatic carbocycles. The number of hydrogen-bond acceptors (Lipinski definition) is 5. The van der Waals surface area contributed by atoms with E-state index in [1.165, 1.54) is 0 Å². The Morgan fingerprint density at radius 2 is 1.90 bits per heavy atom. The quantitative estimate of drug-likeness (QED) is 0.345. The second-order valence-corrected chi connectivity index (χ2v) is 4.01. The van der Waals surface area contributed by atoms with Crippen LogP contribution in [0.3, 0.4) is 0 Å². The van der Waals surface area contributed by atoms with E-state index in [0.29, 0.717) is 19.0 Å². The number of hydrogen-bond donors (Lipinski definition) is 4. The van der Waals surface area contributed by atoms with Gasteiger partial charge in [-0.15, -0.1) is 0 Å². The molecule has 5 N–H and O–H groups in total. The predicted octanol–water partition coefficient (Wildman–Crippen LogP) is 1.47. The topological polar surface area (TPSA) is 71.3 Å². The van der Waals surface area contributed by atoms with Crippen molar-refractivity contribution in [1.29, 1.82) is 0 Å². The fourth-order valence-electron chi connectivity index (χ4n) is 1.23. The number of ether oxygens (including phenoxy) is 1. The maximum Gasteiger partial charge on any atom is 0.179 e. The Balaban J connectivity index is 0.00000110. The van der Waals surface area contributed by atoms with Gasteiger partial charge in [-0.1, -0.05) is 36.4 Å². The molecule has 0 fully saturated rings. The van der Waals surface area contributed by atoms with Gasteiger partial charge in [0.1, 0.15) is 6.61 Å². The van der Waals surface area contributed by atoms with Gasteiger partial charge in [-0.25, -0.2) is 0 Å². The number of allylic oxidation sites excluding steroid dienone is 1. The van der Waals surface area contributed by atoms with Crippen molar-refractivity contribution in [1.82, 2.24) is 16.1 Å². The lowest BCUT2D eigenvalue weighted by Crippen LogP contribution is -2.29. The second kappa shape index (κ2) is 12.1. The number of nitrogens with two attached hydrogens (primary N) is 1. The smallest absolute Gasteiger partial charge is 0.179 e. The van der Waals surface area contributed by atoms with Crippen molar-refractivity contribution < 1.29 is 4.74 Å². The average Bonchev–Trinajstić information content (AvgIpc) is 2.48. The van der Waals surface area contributed by atoms with E-state index in [1.807, 2.05) is 57.4 Å². The highest BCUT2D eigenvalue weighted by molar-refractivity contribution is 5.13. The molecule has 5 nitrogen and oxygen atoms in total. The standard InChI is InChI=1S/C13H19N3O.C2H7N/c1-3-13(16-14)9-15-11(2)17-10-12-7-5-4-6-8-12;1-3-2/h3-8,15-16H,2,9-10,14H2,1H3;3H,1-2H3. The first-order chi connectivity index (χ1) is 9.67. The summed E-state index contributed by atoms with van der Waals surface area (Å²) in [5.74, 6) is 5.84. The Hall–Kier alpha value is -1.98. The minimum atomic E-state index is 0.508. The van der Waals surface area contributed by atoms with E-state index < -0.39 is 0 Å². The Labute approximate surface area is 121 Å². The molecule has 0 unspecified atom stereocenters. The molecule has 0 aliphatic heterocycles. The van der Waals surface area contributed by atoms with Gasteiger partial charge in [-0.05, 0) is 33.2 Å². The molecule has 0 saturated carbocycles. The van der Waals surface area contributed by atoms with Gasteiger partial charge >= 0.3 is 0 Å². The zero-order valence-corrected chi connectivity index (χ0v) is 12.6. The lowest BCUT2D eigenvalue weighted by Gasteiger charge is -2.12. The number of rotatable bonds is 7. The van der Waals surface area contributed by atoms with Crippen LogP contribution in [0.2, 0.25) is 0 Å². The van der Waals surface area contributed by atoms with Gasteiger partial charge in [0.2, 0.25) is 0 Å². The van der Waals surface area contributed by atoms with Crippen LogP contribution >= 0.6 is 0 Å². The van der Waals surface area contributed by atoms with Crippen molar-refractivity contribution >= 4 is 0 Å². The van der Waals surface area contributed by atoms with Gasteiger partial charge in [-0.2, -0.15) is 0 Å². The summed E-state index contributed by atoms with van der Waals surface area (Å²) in [4.78, 5) is 0. The molecule has 0 aliphatic rings. The molecular weight excluding hydrogens is 252 g/mol. The summed E-state index contributed by atoms with van der Waals surface area (Å²) >= 11 is 0. The highest BCUT2D eigenvalue weighted by Crippen LogP contribution is 2.02. The third kappa shape index (κ3) is 9.02. The molecule has 1 aromatic rings.